The first-order valence-electron chi connectivity index (χ1n) is 14.0. The van der Waals surface area contributed by atoms with Gasteiger partial charge < -0.3 is 4.42 Å². The molecule has 0 aliphatic heterocycles. The van der Waals surface area contributed by atoms with Gasteiger partial charge in [0.2, 0.25) is 0 Å². The van der Waals surface area contributed by atoms with Gasteiger partial charge in [-0.3, -0.25) is 4.98 Å². The van der Waals surface area contributed by atoms with Crippen molar-refractivity contribution >= 4 is 32.8 Å². The van der Waals surface area contributed by atoms with Gasteiger partial charge in [0.25, 0.3) is 0 Å². The number of para-hydroxylation sites is 2. The Morgan fingerprint density at radius 2 is 1.10 bits per heavy atom. The molecular weight excluding hydrogens is 498 g/mol. The Morgan fingerprint density at radius 1 is 0.439 bits per heavy atom. The molecule has 0 saturated heterocycles. The minimum atomic E-state index is 0.912. The molecule has 0 atom stereocenters. The van der Waals surface area contributed by atoms with Gasteiger partial charge in [0.1, 0.15) is 11.2 Å². The van der Waals surface area contributed by atoms with E-state index in [0.29, 0.717) is 0 Å². The van der Waals surface area contributed by atoms with Gasteiger partial charge in [-0.2, -0.15) is 0 Å². The highest BCUT2D eigenvalue weighted by Crippen LogP contribution is 2.50. The van der Waals surface area contributed by atoms with Gasteiger partial charge in [-0.25, -0.2) is 0 Å². The van der Waals surface area contributed by atoms with E-state index < -0.39 is 0 Å². The third kappa shape index (κ3) is 3.22. The number of benzene rings is 6. The molecule has 8 aromatic rings. The summed E-state index contributed by atoms with van der Waals surface area (Å²) >= 11 is 0. The van der Waals surface area contributed by atoms with E-state index in [1.54, 1.807) is 0 Å². The van der Waals surface area contributed by atoms with E-state index in [1.165, 1.54) is 44.5 Å². The molecule has 0 N–H and O–H groups in total. The van der Waals surface area contributed by atoms with E-state index in [-0.39, 0.29) is 0 Å². The van der Waals surface area contributed by atoms with Crippen LogP contribution in [0.2, 0.25) is 0 Å². The quantitative estimate of drug-likeness (QED) is 0.215. The van der Waals surface area contributed by atoms with Crippen molar-refractivity contribution in [3.8, 4) is 55.6 Å². The fourth-order valence-corrected chi connectivity index (χ4v) is 6.68. The molecule has 0 amide bonds. The summed E-state index contributed by atoms with van der Waals surface area (Å²) in [6, 6.07) is 47.7. The zero-order chi connectivity index (χ0) is 26.9. The molecule has 2 aromatic heterocycles. The average Bonchev–Trinajstić information content (AvgIpc) is 3.42. The smallest absolute Gasteiger partial charge is 0.143 e. The summed E-state index contributed by atoms with van der Waals surface area (Å²) in [5.74, 6) is 0. The fraction of sp³-hybridized carbons (Fsp3) is 0. The van der Waals surface area contributed by atoms with Crippen molar-refractivity contribution in [3.63, 3.8) is 0 Å². The van der Waals surface area contributed by atoms with Crippen LogP contribution in [0, 0.1) is 0 Å². The molecule has 190 valence electrons. The summed E-state index contributed by atoms with van der Waals surface area (Å²) < 4.78 is 6.45. The Balaban J connectivity index is 1.41. The molecule has 1 aliphatic rings. The maximum absolute atomic E-state index is 6.45. The van der Waals surface area contributed by atoms with Crippen LogP contribution in [0.1, 0.15) is 0 Å². The number of pyridine rings is 1. The van der Waals surface area contributed by atoms with Crippen molar-refractivity contribution in [2.75, 3.05) is 0 Å². The molecule has 0 spiro atoms. The molecule has 0 unspecified atom stereocenters. The minimum absolute atomic E-state index is 0.912. The number of rotatable bonds is 1. The molecule has 1 aliphatic carbocycles. The van der Waals surface area contributed by atoms with Gasteiger partial charge in [-0.1, -0.05) is 115 Å². The Bertz CT molecular complexity index is 2320. The van der Waals surface area contributed by atoms with Gasteiger partial charge in [0.15, 0.2) is 0 Å². The highest BCUT2D eigenvalue weighted by molar-refractivity contribution is 6.12. The lowest BCUT2D eigenvalue weighted by molar-refractivity contribution is 0.670. The second-order valence-electron chi connectivity index (χ2n) is 10.7. The van der Waals surface area contributed by atoms with Crippen LogP contribution in [0.15, 0.2) is 144 Å². The number of aromatic nitrogens is 1. The molecular formula is C39H23NO. The second-order valence-corrected chi connectivity index (χ2v) is 10.7. The lowest BCUT2D eigenvalue weighted by atomic mass is 9.79. The van der Waals surface area contributed by atoms with E-state index in [4.69, 9.17) is 9.40 Å². The summed E-state index contributed by atoms with van der Waals surface area (Å²) in [5.41, 5.74) is 14.7. The van der Waals surface area contributed by atoms with Gasteiger partial charge >= 0.3 is 0 Å². The van der Waals surface area contributed by atoms with Crippen molar-refractivity contribution in [2.45, 2.75) is 0 Å². The lowest BCUT2D eigenvalue weighted by Crippen LogP contribution is -1.99. The molecule has 0 fully saturated rings. The molecule has 0 saturated carbocycles. The Kier molecular flexibility index (Phi) is 4.64. The van der Waals surface area contributed by atoms with Crippen LogP contribution >= 0.6 is 0 Å². The first-order valence-corrected chi connectivity index (χ1v) is 14.0. The van der Waals surface area contributed by atoms with Crippen LogP contribution in [0.5, 0.6) is 0 Å². The van der Waals surface area contributed by atoms with Crippen LogP contribution in [-0.4, -0.2) is 4.98 Å². The maximum atomic E-state index is 6.45. The molecule has 2 heterocycles. The van der Waals surface area contributed by atoms with Gasteiger partial charge in [0.05, 0.1) is 5.52 Å². The summed E-state index contributed by atoms with van der Waals surface area (Å²) in [4.78, 5) is 4.93. The summed E-state index contributed by atoms with van der Waals surface area (Å²) in [6.07, 6.45) is 1.90. The van der Waals surface area contributed by atoms with Gasteiger partial charge in [-0.15, -0.1) is 0 Å². The molecule has 2 nitrogen and oxygen atoms in total. The van der Waals surface area contributed by atoms with Crippen LogP contribution in [0.3, 0.4) is 0 Å². The SMILES string of the molecule is c1ccc2c(c1)-c1ccc(-c3cccc4c3oc3ccccc34)cc1-c1ccc3cccnc3c1-c1ccccc1-2. The third-order valence-electron chi connectivity index (χ3n) is 8.50. The van der Waals surface area contributed by atoms with Crippen LogP contribution < -0.4 is 0 Å². The minimum Gasteiger partial charge on any atom is -0.455 e. The maximum Gasteiger partial charge on any atom is 0.143 e. The van der Waals surface area contributed by atoms with Crippen molar-refractivity contribution < 1.29 is 4.42 Å². The first kappa shape index (κ1) is 22.4. The highest BCUT2D eigenvalue weighted by atomic mass is 16.3. The van der Waals surface area contributed by atoms with E-state index in [2.05, 4.69) is 115 Å². The third-order valence-corrected chi connectivity index (χ3v) is 8.50. The first-order chi connectivity index (χ1) is 20.3. The van der Waals surface area contributed by atoms with E-state index in [1.807, 2.05) is 24.4 Å². The predicted molar refractivity (Wildman–Crippen MR) is 170 cm³/mol. The van der Waals surface area contributed by atoms with Crippen LogP contribution in [-0.2, 0) is 0 Å². The van der Waals surface area contributed by atoms with Crippen molar-refractivity contribution in [1.82, 2.24) is 4.98 Å². The average molecular weight is 522 g/mol. The summed E-state index contributed by atoms with van der Waals surface area (Å²) in [7, 11) is 0. The van der Waals surface area contributed by atoms with Crippen LogP contribution in [0.4, 0.5) is 0 Å². The molecule has 0 bridgehead atoms. The monoisotopic (exact) mass is 521 g/mol. The van der Waals surface area contributed by atoms with E-state index >= 15 is 0 Å². The van der Waals surface area contributed by atoms with E-state index in [0.717, 1.165) is 44.0 Å². The van der Waals surface area contributed by atoms with Crippen molar-refractivity contribution in [2.24, 2.45) is 0 Å². The zero-order valence-corrected chi connectivity index (χ0v) is 22.1. The molecule has 41 heavy (non-hydrogen) atoms. The van der Waals surface area contributed by atoms with E-state index in [9.17, 15) is 0 Å². The summed E-state index contributed by atoms with van der Waals surface area (Å²) in [6.45, 7) is 0. The van der Waals surface area contributed by atoms with Crippen molar-refractivity contribution in [1.29, 1.82) is 0 Å². The summed E-state index contributed by atoms with van der Waals surface area (Å²) in [5, 5.41) is 3.42. The van der Waals surface area contributed by atoms with Crippen LogP contribution in [0.25, 0.3) is 88.5 Å². The standard InChI is InChI=1S/C39H23NO/c1-2-11-28-27(10-1)29-12-3-4-14-32(29)37-33(21-18-24-9-8-22-40-38(24)37)35-23-25(19-20-30(28)35)26-15-7-16-34-31-13-5-6-17-36(31)41-39(26)34/h1-23H. The fourth-order valence-electron chi connectivity index (χ4n) is 6.68. The number of fused-ring (bicyclic) bond motifs is 13. The lowest BCUT2D eigenvalue weighted by Gasteiger charge is -2.24. The Labute approximate surface area is 237 Å². The topological polar surface area (TPSA) is 26.0 Å². The molecule has 2 heteroatoms. The Morgan fingerprint density at radius 3 is 1.95 bits per heavy atom. The highest BCUT2D eigenvalue weighted by Gasteiger charge is 2.24. The number of hydrogen-bond acceptors (Lipinski definition) is 2. The predicted octanol–water partition coefficient (Wildman–Crippen LogP) is 10.8. The Hall–Kier alpha value is -5.47. The second kappa shape index (κ2) is 8.51. The molecule has 0 radical (unpaired) electrons. The molecule has 6 aromatic carbocycles. The normalized spacial score (nSPS) is 11.9. The number of nitrogens with zero attached hydrogens (tertiary/aromatic N) is 1. The number of hydrogen-bond donors (Lipinski definition) is 0. The molecule has 9 rings (SSSR count). The van der Waals surface area contributed by atoms with Gasteiger partial charge in [-0.05, 0) is 62.7 Å². The van der Waals surface area contributed by atoms with Crippen molar-refractivity contribution in [3.05, 3.63) is 140 Å². The zero-order valence-electron chi connectivity index (χ0n) is 22.1. The largest absolute Gasteiger partial charge is 0.455 e. The number of furan rings is 1. The van der Waals surface area contributed by atoms with Gasteiger partial charge in [0, 0.05) is 33.5 Å².